The molecule has 3 N–H and O–H groups in total. The third-order valence-electron chi connectivity index (χ3n) is 8.39. The second-order valence-corrected chi connectivity index (χ2v) is 11.5. The number of hydrogen-bond donors (Lipinski definition) is 3. The highest BCUT2D eigenvalue weighted by molar-refractivity contribution is 6.35. The number of rotatable bonds is 3. The summed E-state index contributed by atoms with van der Waals surface area (Å²) in [6.45, 7) is 5.39. The summed E-state index contributed by atoms with van der Waals surface area (Å²) < 4.78 is 28.3. The van der Waals surface area contributed by atoms with E-state index in [0.29, 0.717) is 17.0 Å². The molecule has 8 atom stereocenters. The lowest BCUT2D eigenvalue weighted by molar-refractivity contribution is -0.142. The van der Waals surface area contributed by atoms with Gasteiger partial charge in [-0.1, -0.05) is 36.8 Å². The third-order valence-corrected chi connectivity index (χ3v) is 8.77. The van der Waals surface area contributed by atoms with Crippen LogP contribution in [0.15, 0.2) is 35.9 Å². The monoisotopic (exact) mass is 594 g/mol. The molecule has 0 aromatic heterocycles. The fourth-order valence-corrected chi connectivity index (χ4v) is 6.07. The Labute approximate surface area is 245 Å². The van der Waals surface area contributed by atoms with Crippen LogP contribution in [0.4, 0.5) is 10.5 Å². The fourth-order valence-electron chi connectivity index (χ4n) is 5.76. The second-order valence-electron chi connectivity index (χ2n) is 11.1. The Morgan fingerprint density at radius 1 is 1.20 bits per heavy atom. The number of amides is 2. The number of carbonyl (C=O) groups excluding carboxylic acids is 2. The summed E-state index contributed by atoms with van der Waals surface area (Å²) in [5.74, 6) is -0.454. The van der Waals surface area contributed by atoms with Crippen molar-refractivity contribution in [1.82, 2.24) is 5.32 Å². The molecule has 0 spiro atoms. The van der Waals surface area contributed by atoms with Crippen LogP contribution in [0.1, 0.15) is 45.3 Å². The van der Waals surface area contributed by atoms with E-state index < -0.39 is 59.8 Å². The summed E-state index contributed by atoms with van der Waals surface area (Å²) in [6, 6.07) is 3.48. The van der Waals surface area contributed by atoms with Crippen molar-refractivity contribution in [1.29, 1.82) is 0 Å². The van der Waals surface area contributed by atoms with E-state index in [1.165, 1.54) is 19.1 Å². The fraction of sp³-hybridized carbons (Fsp3) is 0.586. The molecule has 3 heterocycles. The Morgan fingerprint density at radius 2 is 1.90 bits per heavy atom. The number of nitrogens with zero attached hydrogens (tertiary/aromatic N) is 1. The van der Waals surface area contributed by atoms with E-state index in [9.17, 15) is 19.8 Å². The molecule has 41 heavy (non-hydrogen) atoms. The minimum atomic E-state index is -1.77. The van der Waals surface area contributed by atoms with Crippen LogP contribution in [0.2, 0.25) is 5.02 Å². The normalized spacial score (nSPS) is 36.9. The Kier molecular flexibility index (Phi) is 9.08. The van der Waals surface area contributed by atoms with E-state index >= 15 is 0 Å². The Hall–Kier alpha value is -2.67. The quantitative estimate of drug-likeness (QED) is 0.450. The molecular weight excluding hydrogens is 556 g/mol. The molecule has 0 aliphatic carbocycles. The molecule has 2 amide bonds. The Morgan fingerprint density at radius 3 is 2.54 bits per heavy atom. The van der Waals surface area contributed by atoms with E-state index in [0.717, 1.165) is 5.57 Å². The zero-order chi connectivity index (χ0) is 30.3. The zero-order valence-electron chi connectivity index (χ0n) is 24.3. The highest BCUT2D eigenvalue weighted by Gasteiger charge is 2.62. The summed E-state index contributed by atoms with van der Waals surface area (Å²) in [5, 5.41) is 25.4. The van der Waals surface area contributed by atoms with Crippen molar-refractivity contribution < 1.29 is 43.5 Å². The van der Waals surface area contributed by atoms with Crippen molar-refractivity contribution >= 4 is 29.3 Å². The summed E-state index contributed by atoms with van der Waals surface area (Å²) in [6.07, 6.45) is 0.196. The van der Waals surface area contributed by atoms with Gasteiger partial charge in [0.1, 0.15) is 34.7 Å². The minimum absolute atomic E-state index is 0.00395. The van der Waals surface area contributed by atoms with Gasteiger partial charge in [0.25, 0.3) is 0 Å². The molecule has 0 radical (unpaired) electrons. The molecule has 12 heteroatoms. The number of nitrogens with one attached hydrogen (secondary N) is 1. The van der Waals surface area contributed by atoms with Crippen molar-refractivity contribution in [3.63, 3.8) is 0 Å². The van der Waals surface area contributed by atoms with Gasteiger partial charge in [0, 0.05) is 33.6 Å². The number of fused-ring (bicyclic) bond motifs is 5. The number of halogens is 1. The van der Waals surface area contributed by atoms with E-state index in [-0.39, 0.29) is 17.9 Å². The topological polar surface area (TPSA) is 139 Å². The molecule has 8 unspecified atom stereocenters. The third kappa shape index (κ3) is 5.97. The number of methoxy groups -OCH3 is 3. The van der Waals surface area contributed by atoms with Crippen LogP contribution in [-0.2, 0) is 23.7 Å². The number of carbonyl (C=O) groups is 2. The maximum absolute atomic E-state index is 13.4. The van der Waals surface area contributed by atoms with Gasteiger partial charge < -0.3 is 38.8 Å². The number of aliphatic hydroxyl groups excluding tert-OH is 1. The number of aliphatic hydroxyl groups is 2. The number of ether oxygens (including phenoxy) is 5. The Balaban J connectivity index is 1.80. The standard InChI is InChI=1S/C29H39ClN2O9/c1-15-9-8-10-22(38-6)29(36)14-20(40-27(35)31-29)16(2)26-28(3,41-26)21(33)13-23(34)32(4)18-11-17(25(15)39-7)12-19(37-5)24(18)30/h8-12,16,20-22,25-26,33,36H,13-14H2,1-7H3,(H,31,35)/b10-8+,15-9?. The molecule has 1 aromatic rings. The molecule has 3 aliphatic heterocycles. The molecule has 2 saturated heterocycles. The predicted octanol–water partition coefficient (Wildman–Crippen LogP) is 3.26. The number of alkyl carbamates (subject to hydrolysis) is 1. The molecule has 4 rings (SSSR count). The number of hydrogen-bond acceptors (Lipinski definition) is 9. The van der Waals surface area contributed by atoms with Crippen LogP contribution in [0.5, 0.6) is 5.75 Å². The SMILES string of the molecule is COc1cc2cc(c1Cl)N(C)C(=O)CC(O)C1(C)OC1C(C)C1CC(O)(NC(=O)O1)C(OC)/C=C/C=C(C)C2OC. The average Bonchev–Trinajstić information content (AvgIpc) is 3.62. The molecule has 4 bridgehead atoms. The van der Waals surface area contributed by atoms with Gasteiger partial charge in [-0.3, -0.25) is 10.1 Å². The van der Waals surface area contributed by atoms with E-state index in [2.05, 4.69) is 5.32 Å². The molecular formula is C29H39ClN2O9. The first-order valence-corrected chi connectivity index (χ1v) is 13.8. The highest BCUT2D eigenvalue weighted by atomic mass is 35.5. The van der Waals surface area contributed by atoms with Gasteiger partial charge in [0.15, 0.2) is 5.72 Å². The van der Waals surface area contributed by atoms with Crippen LogP contribution in [0.3, 0.4) is 0 Å². The highest BCUT2D eigenvalue weighted by Crippen LogP contribution is 2.48. The number of epoxide rings is 1. The lowest BCUT2D eigenvalue weighted by Gasteiger charge is -2.42. The molecule has 226 valence electrons. The van der Waals surface area contributed by atoms with Crippen LogP contribution >= 0.6 is 11.6 Å². The largest absolute Gasteiger partial charge is 0.495 e. The van der Waals surface area contributed by atoms with Crippen molar-refractivity contribution in [2.45, 2.75) is 75.5 Å². The lowest BCUT2D eigenvalue weighted by atomic mass is 9.84. The summed E-state index contributed by atoms with van der Waals surface area (Å²) in [5.41, 5.74) is -0.985. The number of allylic oxidation sites excluding steroid dienone is 2. The van der Waals surface area contributed by atoms with E-state index in [1.54, 1.807) is 51.4 Å². The first-order valence-electron chi connectivity index (χ1n) is 13.4. The van der Waals surface area contributed by atoms with Crippen LogP contribution in [0, 0.1) is 5.92 Å². The molecule has 3 aliphatic rings. The number of benzene rings is 1. The maximum Gasteiger partial charge on any atom is 0.409 e. The smallest absolute Gasteiger partial charge is 0.409 e. The molecule has 2 fully saturated rings. The van der Waals surface area contributed by atoms with Gasteiger partial charge in [-0.2, -0.15) is 0 Å². The van der Waals surface area contributed by atoms with Crippen LogP contribution in [-0.4, -0.2) is 86.3 Å². The summed E-state index contributed by atoms with van der Waals surface area (Å²) in [4.78, 5) is 27.3. The van der Waals surface area contributed by atoms with Gasteiger partial charge in [-0.25, -0.2) is 4.79 Å². The molecule has 0 saturated carbocycles. The van der Waals surface area contributed by atoms with Crippen LogP contribution < -0.4 is 15.0 Å². The van der Waals surface area contributed by atoms with Gasteiger partial charge in [0.2, 0.25) is 5.91 Å². The Bertz CT molecular complexity index is 1240. The van der Waals surface area contributed by atoms with Crippen molar-refractivity contribution in [2.24, 2.45) is 5.92 Å². The average molecular weight is 595 g/mol. The van der Waals surface area contributed by atoms with Gasteiger partial charge in [0.05, 0.1) is 31.4 Å². The first kappa shape index (κ1) is 31.3. The van der Waals surface area contributed by atoms with Crippen LogP contribution in [0.25, 0.3) is 0 Å². The van der Waals surface area contributed by atoms with Crippen molar-refractivity contribution in [2.75, 3.05) is 33.3 Å². The summed E-state index contributed by atoms with van der Waals surface area (Å²) in [7, 11) is 6.05. The van der Waals surface area contributed by atoms with Gasteiger partial charge >= 0.3 is 6.09 Å². The van der Waals surface area contributed by atoms with Crippen molar-refractivity contribution in [3.05, 3.63) is 46.5 Å². The van der Waals surface area contributed by atoms with Crippen molar-refractivity contribution in [3.8, 4) is 5.75 Å². The van der Waals surface area contributed by atoms with Gasteiger partial charge in [-0.05, 0) is 37.1 Å². The first-order chi connectivity index (χ1) is 19.3. The summed E-state index contributed by atoms with van der Waals surface area (Å²) >= 11 is 6.63. The lowest BCUT2D eigenvalue weighted by Crippen LogP contribution is -2.63. The zero-order valence-corrected chi connectivity index (χ0v) is 25.1. The molecule has 1 aromatic carbocycles. The van der Waals surface area contributed by atoms with E-state index in [1.807, 2.05) is 13.8 Å². The number of anilines is 1. The van der Waals surface area contributed by atoms with Gasteiger partial charge in [-0.15, -0.1) is 0 Å². The second kappa shape index (κ2) is 11.9. The minimum Gasteiger partial charge on any atom is -0.495 e. The molecule has 11 nitrogen and oxygen atoms in total. The predicted molar refractivity (Wildman–Crippen MR) is 151 cm³/mol. The van der Waals surface area contributed by atoms with E-state index in [4.69, 9.17) is 35.3 Å². The maximum atomic E-state index is 13.4.